The van der Waals surface area contributed by atoms with Gasteiger partial charge in [-0.1, -0.05) is 18.2 Å². The van der Waals surface area contributed by atoms with Gasteiger partial charge in [0.15, 0.2) is 0 Å². The first-order valence-electron chi connectivity index (χ1n) is 7.54. The maximum atomic E-state index is 13.0. The fraction of sp³-hybridized carbons (Fsp3) is 0.600. The number of alkyl halides is 3. The Kier molecular flexibility index (Phi) is 7.70. The van der Waals surface area contributed by atoms with E-state index in [-0.39, 0.29) is 24.5 Å². The third-order valence-corrected chi connectivity index (χ3v) is 5.33. The van der Waals surface area contributed by atoms with Crippen molar-refractivity contribution in [3.05, 3.63) is 35.4 Å². The quantitative estimate of drug-likeness (QED) is 0.734. The van der Waals surface area contributed by atoms with Crippen LogP contribution in [0.2, 0.25) is 0 Å². The van der Waals surface area contributed by atoms with Crippen LogP contribution in [0, 0.1) is 0 Å². The van der Waals surface area contributed by atoms with Crippen LogP contribution in [0.4, 0.5) is 13.2 Å². The Morgan fingerprint density at radius 1 is 1.32 bits per heavy atom. The molecule has 1 aromatic carbocycles. The molecule has 0 saturated carbocycles. The Morgan fingerprint density at radius 2 is 2.00 bits per heavy atom. The summed E-state index contributed by atoms with van der Waals surface area (Å²) in [7, 11) is -2.38. The van der Waals surface area contributed by atoms with Crippen molar-refractivity contribution in [1.29, 1.82) is 0 Å². The van der Waals surface area contributed by atoms with E-state index in [2.05, 4.69) is 10.0 Å². The van der Waals surface area contributed by atoms with Gasteiger partial charge in [-0.2, -0.15) is 13.2 Å². The molecule has 1 saturated heterocycles. The second kappa shape index (κ2) is 8.68. The number of sulfonamides is 1. The highest BCUT2D eigenvalue weighted by Crippen LogP contribution is 2.32. The van der Waals surface area contributed by atoms with Gasteiger partial charge in [0.2, 0.25) is 10.0 Å². The van der Waals surface area contributed by atoms with Gasteiger partial charge in [-0.05, 0) is 31.0 Å². The molecule has 25 heavy (non-hydrogen) atoms. The number of nitrogens with one attached hydrogen (secondary N) is 2. The standard InChI is InChI=1S/C15H21F3N2O3S.ClH/c1-23-11-14(7-4-8-19-14)10-20-24(21,22)9-12-5-2-3-6-13(12)15(16,17)18;/h2-3,5-6,19-20H,4,7-11H2,1H3;1H. The maximum Gasteiger partial charge on any atom is 0.416 e. The molecule has 0 radical (unpaired) electrons. The minimum absolute atomic E-state index is 0. The van der Waals surface area contributed by atoms with Crippen LogP contribution in [0.5, 0.6) is 0 Å². The molecule has 1 aliphatic heterocycles. The first kappa shape index (κ1) is 22.2. The molecular weight excluding hydrogens is 381 g/mol. The zero-order valence-corrected chi connectivity index (χ0v) is 15.4. The molecule has 1 aliphatic rings. The zero-order chi connectivity index (χ0) is 17.8. The summed E-state index contributed by atoms with van der Waals surface area (Å²) in [5, 5.41) is 3.21. The van der Waals surface area contributed by atoms with Gasteiger partial charge < -0.3 is 10.1 Å². The Hall–Kier alpha value is -0.870. The van der Waals surface area contributed by atoms with E-state index in [0.29, 0.717) is 6.61 Å². The average Bonchev–Trinajstić information content (AvgIpc) is 2.94. The van der Waals surface area contributed by atoms with Crippen molar-refractivity contribution in [3.63, 3.8) is 0 Å². The molecule has 1 unspecified atom stereocenters. The summed E-state index contributed by atoms with van der Waals surface area (Å²) in [6.07, 6.45) is -2.96. The summed E-state index contributed by atoms with van der Waals surface area (Å²) in [5.74, 6) is -0.717. The van der Waals surface area contributed by atoms with Crippen LogP contribution in [-0.4, -0.2) is 40.8 Å². The summed E-state index contributed by atoms with van der Waals surface area (Å²) in [5.41, 5.74) is -1.70. The van der Waals surface area contributed by atoms with E-state index < -0.39 is 33.1 Å². The molecule has 1 atom stereocenters. The number of hydrogen-bond acceptors (Lipinski definition) is 4. The Balaban J connectivity index is 0.00000312. The Labute approximate surface area is 151 Å². The van der Waals surface area contributed by atoms with E-state index >= 15 is 0 Å². The molecule has 2 rings (SSSR count). The van der Waals surface area contributed by atoms with Gasteiger partial charge in [0, 0.05) is 13.7 Å². The molecule has 1 aromatic rings. The molecule has 1 heterocycles. The Bertz CT molecular complexity index is 662. The lowest BCUT2D eigenvalue weighted by Crippen LogP contribution is -2.53. The van der Waals surface area contributed by atoms with E-state index in [1.54, 1.807) is 0 Å². The number of benzene rings is 1. The molecule has 0 bridgehead atoms. The average molecular weight is 403 g/mol. The molecule has 0 spiro atoms. The van der Waals surface area contributed by atoms with Crippen LogP contribution < -0.4 is 10.0 Å². The monoisotopic (exact) mass is 402 g/mol. The van der Waals surface area contributed by atoms with Gasteiger partial charge in [-0.25, -0.2) is 13.1 Å². The van der Waals surface area contributed by atoms with E-state index in [1.807, 2.05) is 0 Å². The molecule has 0 aliphatic carbocycles. The lowest BCUT2D eigenvalue weighted by molar-refractivity contribution is -0.138. The fourth-order valence-electron chi connectivity index (χ4n) is 2.90. The number of methoxy groups -OCH3 is 1. The van der Waals surface area contributed by atoms with Crippen LogP contribution >= 0.6 is 12.4 Å². The summed E-state index contributed by atoms with van der Waals surface area (Å²) in [6.45, 7) is 1.16. The van der Waals surface area contributed by atoms with Gasteiger partial charge in [-0.3, -0.25) is 0 Å². The summed E-state index contributed by atoms with van der Waals surface area (Å²) >= 11 is 0. The van der Waals surface area contributed by atoms with Crippen LogP contribution in [0.15, 0.2) is 24.3 Å². The summed E-state index contributed by atoms with van der Waals surface area (Å²) in [4.78, 5) is 0. The number of rotatable bonds is 7. The highest BCUT2D eigenvalue weighted by Gasteiger charge is 2.36. The lowest BCUT2D eigenvalue weighted by Gasteiger charge is -2.29. The topological polar surface area (TPSA) is 67.4 Å². The highest BCUT2D eigenvalue weighted by atomic mass is 35.5. The van der Waals surface area contributed by atoms with E-state index in [1.165, 1.54) is 25.3 Å². The van der Waals surface area contributed by atoms with Gasteiger partial charge in [0.1, 0.15) is 0 Å². The number of halogens is 4. The molecular formula is C15H22ClF3N2O3S. The molecule has 0 aromatic heterocycles. The Morgan fingerprint density at radius 3 is 2.56 bits per heavy atom. The first-order valence-corrected chi connectivity index (χ1v) is 9.19. The molecule has 1 fully saturated rings. The van der Waals surface area contributed by atoms with Crippen molar-refractivity contribution in [2.75, 3.05) is 26.8 Å². The van der Waals surface area contributed by atoms with Crippen LogP contribution in [0.1, 0.15) is 24.0 Å². The van der Waals surface area contributed by atoms with E-state index in [4.69, 9.17) is 4.74 Å². The minimum Gasteiger partial charge on any atom is -0.383 e. The van der Waals surface area contributed by atoms with Crippen molar-refractivity contribution < 1.29 is 26.3 Å². The molecule has 144 valence electrons. The van der Waals surface area contributed by atoms with Crippen molar-refractivity contribution in [3.8, 4) is 0 Å². The molecule has 5 nitrogen and oxygen atoms in total. The number of hydrogen-bond donors (Lipinski definition) is 2. The van der Waals surface area contributed by atoms with Crippen molar-refractivity contribution in [1.82, 2.24) is 10.0 Å². The van der Waals surface area contributed by atoms with E-state index in [0.717, 1.165) is 25.5 Å². The summed E-state index contributed by atoms with van der Waals surface area (Å²) < 4.78 is 70.9. The van der Waals surface area contributed by atoms with Gasteiger partial charge in [-0.15, -0.1) is 12.4 Å². The second-order valence-electron chi connectivity index (χ2n) is 5.98. The van der Waals surface area contributed by atoms with Crippen LogP contribution in [-0.2, 0) is 26.7 Å². The van der Waals surface area contributed by atoms with Gasteiger partial charge >= 0.3 is 6.18 Å². The largest absolute Gasteiger partial charge is 0.416 e. The smallest absolute Gasteiger partial charge is 0.383 e. The van der Waals surface area contributed by atoms with Crippen molar-refractivity contribution in [2.24, 2.45) is 0 Å². The van der Waals surface area contributed by atoms with E-state index in [9.17, 15) is 21.6 Å². The van der Waals surface area contributed by atoms with Crippen LogP contribution in [0.25, 0.3) is 0 Å². The summed E-state index contributed by atoms with van der Waals surface area (Å²) in [6, 6.07) is 4.70. The first-order chi connectivity index (χ1) is 11.2. The number of ether oxygens (including phenoxy) is 1. The van der Waals surface area contributed by atoms with Gasteiger partial charge in [0.25, 0.3) is 0 Å². The minimum atomic E-state index is -4.59. The third kappa shape index (κ3) is 6.10. The normalized spacial score (nSPS) is 21.1. The molecule has 2 N–H and O–H groups in total. The molecule has 0 amide bonds. The third-order valence-electron chi connectivity index (χ3n) is 4.05. The van der Waals surface area contributed by atoms with Crippen molar-refractivity contribution in [2.45, 2.75) is 30.3 Å². The predicted molar refractivity (Wildman–Crippen MR) is 91.2 cm³/mol. The van der Waals surface area contributed by atoms with Gasteiger partial charge in [0.05, 0.1) is 23.5 Å². The predicted octanol–water partition coefficient (Wildman–Crippen LogP) is 2.32. The zero-order valence-electron chi connectivity index (χ0n) is 13.7. The maximum absolute atomic E-state index is 13.0. The van der Waals surface area contributed by atoms with Crippen LogP contribution in [0.3, 0.4) is 0 Å². The molecule has 10 heteroatoms. The lowest BCUT2D eigenvalue weighted by atomic mass is 9.99. The fourth-order valence-corrected chi connectivity index (χ4v) is 4.16. The SMILES string of the molecule is COCC1(CNS(=O)(=O)Cc2ccccc2C(F)(F)F)CCCN1.Cl. The van der Waals surface area contributed by atoms with Crippen molar-refractivity contribution >= 4 is 22.4 Å². The highest BCUT2D eigenvalue weighted by molar-refractivity contribution is 7.88. The second-order valence-corrected chi connectivity index (χ2v) is 7.79.